The van der Waals surface area contributed by atoms with Gasteiger partial charge in [-0.3, -0.25) is 4.98 Å². The summed E-state index contributed by atoms with van der Waals surface area (Å²) in [6.07, 6.45) is -3.93. The standard InChI is InChI=1S/C24H23F3N2O2/c1-13-16(10-17-18(28)8-5-9-19(17)29-13)20(23(12-30-23)24(25,26)27)15-7-4-6-14-11-22(2,3)31-21(14)15/h4-10,20H,11-12,28H2,1-3H3. The van der Waals surface area contributed by atoms with Crippen molar-refractivity contribution in [2.45, 2.75) is 50.5 Å². The Morgan fingerprint density at radius 2 is 1.81 bits per heavy atom. The van der Waals surface area contributed by atoms with E-state index in [1.807, 2.05) is 19.9 Å². The molecule has 2 N–H and O–H groups in total. The molecule has 2 aliphatic heterocycles. The quantitative estimate of drug-likeness (QED) is 0.454. The van der Waals surface area contributed by atoms with Gasteiger partial charge in [0.15, 0.2) is 5.60 Å². The van der Waals surface area contributed by atoms with Crippen LogP contribution in [0.25, 0.3) is 10.9 Å². The number of ether oxygens (including phenoxy) is 2. The zero-order chi connectivity index (χ0) is 22.2. The lowest BCUT2D eigenvalue weighted by Crippen LogP contribution is -2.40. The van der Waals surface area contributed by atoms with Gasteiger partial charge in [0.2, 0.25) is 0 Å². The topological polar surface area (TPSA) is 60.7 Å². The van der Waals surface area contributed by atoms with Crippen molar-refractivity contribution in [2.75, 3.05) is 12.3 Å². The number of nitrogens with zero attached hydrogens (tertiary/aromatic N) is 1. The average Bonchev–Trinajstić information content (AvgIpc) is 3.40. The van der Waals surface area contributed by atoms with Crippen LogP contribution in [0.4, 0.5) is 18.9 Å². The van der Waals surface area contributed by atoms with E-state index in [4.69, 9.17) is 15.2 Å². The number of para-hydroxylation sites is 1. The van der Waals surface area contributed by atoms with Gasteiger partial charge in [0.1, 0.15) is 11.4 Å². The molecule has 0 spiro atoms. The molecule has 0 bridgehead atoms. The summed E-state index contributed by atoms with van der Waals surface area (Å²) in [6, 6.07) is 12.4. The molecule has 1 aromatic heterocycles. The van der Waals surface area contributed by atoms with E-state index in [2.05, 4.69) is 4.98 Å². The monoisotopic (exact) mass is 428 g/mol. The highest BCUT2D eigenvalue weighted by molar-refractivity contribution is 5.91. The van der Waals surface area contributed by atoms with Crippen molar-refractivity contribution in [1.82, 2.24) is 4.98 Å². The van der Waals surface area contributed by atoms with Gasteiger partial charge < -0.3 is 15.2 Å². The van der Waals surface area contributed by atoms with Crippen LogP contribution < -0.4 is 10.5 Å². The Bertz CT molecular complexity index is 1200. The summed E-state index contributed by atoms with van der Waals surface area (Å²) in [5.41, 5.74) is 6.77. The minimum atomic E-state index is -4.56. The molecule has 5 rings (SSSR count). The maximum absolute atomic E-state index is 14.3. The number of hydrogen-bond donors (Lipinski definition) is 1. The minimum absolute atomic E-state index is 0.407. The van der Waals surface area contributed by atoms with Crippen LogP contribution in [0.5, 0.6) is 5.75 Å². The Morgan fingerprint density at radius 1 is 1.10 bits per heavy atom. The molecular formula is C24H23F3N2O2. The Labute approximate surface area is 178 Å². The fourth-order valence-corrected chi connectivity index (χ4v) is 4.73. The van der Waals surface area contributed by atoms with Crippen molar-refractivity contribution < 1.29 is 22.6 Å². The van der Waals surface area contributed by atoms with E-state index in [0.29, 0.717) is 45.6 Å². The molecule has 0 saturated carbocycles. The lowest BCUT2D eigenvalue weighted by atomic mass is 9.78. The Morgan fingerprint density at radius 3 is 2.48 bits per heavy atom. The van der Waals surface area contributed by atoms with Crippen LogP contribution in [0.3, 0.4) is 0 Å². The molecule has 0 radical (unpaired) electrons. The summed E-state index contributed by atoms with van der Waals surface area (Å²) in [4.78, 5) is 4.58. The molecule has 2 aromatic carbocycles. The van der Waals surface area contributed by atoms with E-state index in [-0.39, 0.29) is 0 Å². The number of nitrogens with two attached hydrogens (primary N) is 1. The van der Waals surface area contributed by atoms with Gasteiger partial charge in [0, 0.05) is 28.8 Å². The van der Waals surface area contributed by atoms with Crippen LogP contribution in [0.1, 0.15) is 42.1 Å². The number of aromatic nitrogens is 1. The average molecular weight is 428 g/mol. The summed E-state index contributed by atoms with van der Waals surface area (Å²) < 4.78 is 54.4. The van der Waals surface area contributed by atoms with Crippen molar-refractivity contribution in [3.8, 4) is 5.75 Å². The number of rotatable bonds is 3. The summed E-state index contributed by atoms with van der Waals surface area (Å²) in [7, 11) is 0. The molecule has 2 atom stereocenters. The number of aryl methyl sites for hydroxylation is 1. The summed E-state index contributed by atoms with van der Waals surface area (Å²) >= 11 is 0. The molecule has 7 heteroatoms. The number of anilines is 1. The number of fused-ring (bicyclic) bond motifs is 2. The third-order valence-electron chi connectivity index (χ3n) is 6.27. The molecule has 1 fully saturated rings. The van der Waals surface area contributed by atoms with Crippen molar-refractivity contribution in [3.05, 3.63) is 64.8 Å². The molecule has 2 unspecified atom stereocenters. The van der Waals surface area contributed by atoms with E-state index in [9.17, 15) is 13.2 Å². The molecule has 2 aliphatic rings. The van der Waals surface area contributed by atoms with Gasteiger partial charge in [0.25, 0.3) is 0 Å². The highest BCUT2D eigenvalue weighted by Crippen LogP contribution is 2.58. The smallest absolute Gasteiger partial charge is 0.420 e. The second-order valence-corrected chi connectivity index (χ2v) is 9.06. The van der Waals surface area contributed by atoms with E-state index < -0.39 is 29.9 Å². The van der Waals surface area contributed by atoms with Crippen LogP contribution >= 0.6 is 0 Å². The Hall–Kier alpha value is -2.80. The summed E-state index contributed by atoms with van der Waals surface area (Å²) in [6.45, 7) is 5.19. The number of hydrogen-bond acceptors (Lipinski definition) is 4. The Kier molecular flexibility index (Phi) is 4.13. The van der Waals surface area contributed by atoms with Gasteiger partial charge >= 0.3 is 6.18 Å². The highest BCUT2D eigenvalue weighted by Gasteiger charge is 2.71. The third kappa shape index (κ3) is 3.05. The van der Waals surface area contributed by atoms with Gasteiger partial charge in [-0.05, 0) is 50.1 Å². The fourth-order valence-electron chi connectivity index (χ4n) is 4.73. The van der Waals surface area contributed by atoms with E-state index in [0.717, 1.165) is 5.56 Å². The Balaban J connectivity index is 1.78. The molecule has 3 heterocycles. The zero-order valence-corrected chi connectivity index (χ0v) is 17.5. The van der Waals surface area contributed by atoms with Crippen LogP contribution in [-0.4, -0.2) is 29.0 Å². The number of alkyl halides is 3. The van der Waals surface area contributed by atoms with Gasteiger partial charge in [-0.2, -0.15) is 13.2 Å². The van der Waals surface area contributed by atoms with Crippen molar-refractivity contribution in [2.24, 2.45) is 0 Å². The number of halogens is 3. The SMILES string of the molecule is Cc1nc2cccc(N)c2cc1C(c1cccc2c1OC(C)(C)C2)C1(C(F)(F)F)CO1. The normalized spacial score (nSPS) is 22.8. The van der Waals surface area contributed by atoms with Crippen LogP contribution in [0.15, 0.2) is 42.5 Å². The minimum Gasteiger partial charge on any atom is -0.487 e. The van der Waals surface area contributed by atoms with E-state index in [1.54, 1.807) is 43.3 Å². The van der Waals surface area contributed by atoms with Crippen molar-refractivity contribution in [1.29, 1.82) is 0 Å². The second-order valence-electron chi connectivity index (χ2n) is 9.06. The van der Waals surface area contributed by atoms with Crippen LogP contribution in [0.2, 0.25) is 0 Å². The maximum Gasteiger partial charge on any atom is 0.420 e. The number of benzene rings is 2. The van der Waals surface area contributed by atoms with Crippen LogP contribution in [-0.2, 0) is 11.2 Å². The van der Waals surface area contributed by atoms with Gasteiger partial charge in [-0.15, -0.1) is 0 Å². The molecular weight excluding hydrogens is 405 g/mol. The molecule has 162 valence electrons. The molecule has 1 saturated heterocycles. The predicted octanol–water partition coefficient (Wildman–Crippen LogP) is 5.30. The molecule has 0 amide bonds. The third-order valence-corrected chi connectivity index (χ3v) is 6.27. The summed E-state index contributed by atoms with van der Waals surface area (Å²) in [5.74, 6) is -0.606. The fraction of sp³-hybridized carbons (Fsp3) is 0.375. The first kappa shape index (κ1) is 20.1. The molecule has 0 aliphatic carbocycles. The van der Waals surface area contributed by atoms with Gasteiger partial charge in [0.05, 0.1) is 18.0 Å². The van der Waals surface area contributed by atoms with Gasteiger partial charge in [-0.25, -0.2) is 0 Å². The van der Waals surface area contributed by atoms with E-state index >= 15 is 0 Å². The highest BCUT2D eigenvalue weighted by atomic mass is 19.4. The van der Waals surface area contributed by atoms with E-state index in [1.165, 1.54) is 0 Å². The maximum atomic E-state index is 14.3. The first-order valence-electron chi connectivity index (χ1n) is 10.2. The summed E-state index contributed by atoms with van der Waals surface area (Å²) in [5, 5.41) is 0.625. The van der Waals surface area contributed by atoms with Gasteiger partial charge in [-0.1, -0.05) is 24.3 Å². The second kappa shape index (κ2) is 6.36. The molecule has 4 nitrogen and oxygen atoms in total. The zero-order valence-electron chi connectivity index (χ0n) is 17.5. The number of nitrogen functional groups attached to an aromatic ring is 1. The van der Waals surface area contributed by atoms with Crippen molar-refractivity contribution >= 4 is 16.6 Å². The predicted molar refractivity (Wildman–Crippen MR) is 112 cm³/mol. The number of pyridine rings is 1. The number of epoxide rings is 1. The lowest BCUT2D eigenvalue weighted by molar-refractivity contribution is -0.187. The lowest BCUT2D eigenvalue weighted by Gasteiger charge is -2.30. The first-order valence-corrected chi connectivity index (χ1v) is 10.2. The van der Waals surface area contributed by atoms with Crippen molar-refractivity contribution in [3.63, 3.8) is 0 Å². The first-order chi connectivity index (χ1) is 14.5. The largest absolute Gasteiger partial charge is 0.487 e. The van der Waals surface area contributed by atoms with Crippen LogP contribution in [0, 0.1) is 6.92 Å². The molecule has 3 aromatic rings. The molecule has 31 heavy (non-hydrogen) atoms.